The Morgan fingerprint density at radius 3 is 2.52 bits per heavy atom. The minimum Gasteiger partial charge on any atom is -0.365 e. The zero-order valence-corrected chi connectivity index (χ0v) is 15.4. The molecule has 0 saturated heterocycles. The van der Waals surface area contributed by atoms with Crippen LogP contribution in [0, 0.1) is 6.92 Å². The maximum absolute atomic E-state index is 11.8. The normalized spacial score (nSPS) is 12.6. The highest BCUT2D eigenvalue weighted by atomic mass is 32.1. The molecule has 134 valence electrons. The quantitative estimate of drug-likeness (QED) is 0.625. The molecule has 0 aliphatic carbocycles. The minimum absolute atomic E-state index is 0.0568. The third-order valence-corrected chi connectivity index (χ3v) is 4.72. The molecule has 25 heavy (non-hydrogen) atoms. The fourth-order valence-electron chi connectivity index (χ4n) is 2.58. The minimum atomic E-state index is -0.650. The van der Waals surface area contributed by atoms with Crippen molar-refractivity contribution in [2.24, 2.45) is 11.5 Å². The molecule has 5 N–H and O–H groups in total. The molecule has 9 nitrogen and oxygen atoms in total. The number of quaternary nitrogens is 1. The number of anilines is 2. The summed E-state index contributed by atoms with van der Waals surface area (Å²) >= 11 is 1.24. The van der Waals surface area contributed by atoms with E-state index in [9.17, 15) is 9.59 Å². The lowest BCUT2D eigenvalue weighted by molar-refractivity contribution is -0.122. The Morgan fingerprint density at radius 2 is 2.04 bits per heavy atom. The standard InChI is InChI=1S/C15H21N7O2S/c1-5-10(13(17)24)22(3,4)15-18-7-9(12(16)23)14(20-15)19-11-6-8(2)21-25-11/h6-7,10H,5H2,1-4H3,(H4-,16,17,18,19,20,21,23,24)/p+1. The first-order chi connectivity index (χ1) is 11.7. The molecular weight excluding hydrogens is 342 g/mol. The highest BCUT2D eigenvalue weighted by molar-refractivity contribution is 7.10. The number of carbonyl (C=O) groups excluding carboxylic acids is 2. The summed E-state index contributed by atoms with van der Waals surface area (Å²) < 4.78 is 4.23. The van der Waals surface area contributed by atoms with Crippen molar-refractivity contribution < 1.29 is 9.59 Å². The number of likely N-dealkylation sites (N-methyl/N-ethyl adjacent to an activating group) is 1. The molecule has 2 aromatic heterocycles. The van der Waals surface area contributed by atoms with Crippen molar-refractivity contribution in [2.75, 3.05) is 19.4 Å². The van der Waals surface area contributed by atoms with Gasteiger partial charge < -0.3 is 16.8 Å². The van der Waals surface area contributed by atoms with Gasteiger partial charge in [-0.3, -0.25) is 14.1 Å². The first kappa shape index (κ1) is 18.7. The fraction of sp³-hybridized carbons (Fsp3) is 0.400. The van der Waals surface area contributed by atoms with Gasteiger partial charge in [-0.2, -0.15) is 14.3 Å². The van der Waals surface area contributed by atoms with Crippen LogP contribution in [0.5, 0.6) is 0 Å². The lowest BCUT2D eigenvalue weighted by atomic mass is 10.1. The summed E-state index contributed by atoms with van der Waals surface area (Å²) in [6, 6.07) is 1.33. The van der Waals surface area contributed by atoms with E-state index in [4.69, 9.17) is 11.5 Å². The van der Waals surface area contributed by atoms with Gasteiger partial charge in [0.15, 0.2) is 11.9 Å². The summed E-state index contributed by atoms with van der Waals surface area (Å²) in [5.74, 6) is -0.476. The van der Waals surface area contributed by atoms with Gasteiger partial charge in [-0.1, -0.05) is 6.92 Å². The molecular formula is C15H22N7O2S+. The monoisotopic (exact) mass is 364 g/mol. The number of aromatic nitrogens is 3. The zero-order chi connectivity index (χ0) is 18.8. The molecule has 2 heterocycles. The first-order valence-electron chi connectivity index (χ1n) is 7.67. The van der Waals surface area contributed by atoms with Crippen molar-refractivity contribution in [2.45, 2.75) is 26.3 Å². The predicted octanol–water partition coefficient (Wildman–Crippen LogP) is 0.915. The summed E-state index contributed by atoms with van der Waals surface area (Å²) in [6.45, 7) is 3.73. The number of nitrogens with one attached hydrogen (secondary N) is 1. The second kappa shape index (κ2) is 7.11. The number of primary amides is 2. The molecule has 0 aromatic carbocycles. The predicted molar refractivity (Wildman–Crippen MR) is 97.6 cm³/mol. The zero-order valence-electron chi connectivity index (χ0n) is 14.6. The van der Waals surface area contributed by atoms with Crippen LogP contribution in [-0.4, -0.2) is 46.3 Å². The van der Waals surface area contributed by atoms with Gasteiger partial charge in [0, 0.05) is 6.42 Å². The van der Waals surface area contributed by atoms with Crippen LogP contribution in [0.15, 0.2) is 12.3 Å². The van der Waals surface area contributed by atoms with Crippen LogP contribution in [0.2, 0.25) is 0 Å². The highest BCUT2D eigenvalue weighted by Gasteiger charge is 2.37. The maximum atomic E-state index is 11.8. The van der Waals surface area contributed by atoms with E-state index < -0.39 is 17.9 Å². The Balaban J connectivity index is 2.49. The Morgan fingerprint density at radius 1 is 1.36 bits per heavy atom. The van der Waals surface area contributed by atoms with Crippen LogP contribution in [0.4, 0.5) is 16.8 Å². The van der Waals surface area contributed by atoms with Gasteiger partial charge in [0.25, 0.3) is 11.8 Å². The molecule has 2 aromatic rings. The number of hydrogen-bond donors (Lipinski definition) is 3. The fourth-order valence-corrected chi connectivity index (χ4v) is 3.24. The van der Waals surface area contributed by atoms with E-state index in [1.165, 1.54) is 17.7 Å². The molecule has 2 amide bonds. The molecule has 10 heteroatoms. The lowest BCUT2D eigenvalue weighted by Crippen LogP contribution is -2.56. The third kappa shape index (κ3) is 3.91. The SMILES string of the molecule is CCC(C(N)=O)[N+](C)(C)c1ncc(C(N)=O)c(Nc2cc(C)ns2)n1. The molecule has 0 bridgehead atoms. The summed E-state index contributed by atoms with van der Waals surface area (Å²) in [5.41, 5.74) is 11.9. The van der Waals surface area contributed by atoms with Crippen LogP contribution in [0.25, 0.3) is 0 Å². The van der Waals surface area contributed by atoms with Crippen molar-refractivity contribution in [3.8, 4) is 0 Å². The van der Waals surface area contributed by atoms with E-state index in [-0.39, 0.29) is 15.9 Å². The third-order valence-electron chi connectivity index (χ3n) is 3.92. The molecule has 0 radical (unpaired) electrons. The molecule has 1 unspecified atom stereocenters. The number of carbonyl (C=O) groups is 2. The summed E-state index contributed by atoms with van der Waals surface area (Å²) in [6.07, 6.45) is 1.88. The van der Waals surface area contributed by atoms with Crippen molar-refractivity contribution in [1.29, 1.82) is 0 Å². The van der Waals surface area contributed by atoms with Gasteiger partial charge in [-0.15, -0.1) is 0 Å². The van der Waals surface area contributed by atoms with E-state index in [1.54, 1.807) is 14.1 Å². The van der Waals surface area contributed by atoms with Gasteiger partial charge in [0.05, 0.1) is 26.0 Å². The Bertz CT molecular complexity index is 803. The molecule has 0 spiro atoms. The van der Waals surface area contributed by atoms with Gasteiger partial charge >= 0.3 is 5.95 Å². The van der Waals surface area contributed by atoms with E-state index in [2.05, 4.69) is 19.7 Å². The highest BCUT2D eigenvalue weighted by Crippen LogP contribution is 2.26. The lowest BCUT2D eigenvalue weighted by Gasteiger charge is -2.32. The molecule has 2 rings (SSSR count). The molecule has 0 aliphatic rings. The average molecular weight is 364 g/mol. The summed E-state index contributed by atoms with van der Waals surface area (Å²) in [7, 11) is 3.58. The topological polar surface area (TPSA) is 137 Å². The van der Waals surface area contributed by atoms with E-state index in [1.807, 2.05) is 19.9 Å². The Hall–Kier alpha value is -2.59. The van der Waals surface area contributed by atoms with E-state index >= 15 is 0 Å². The van der Waals surface area contributed by atoms with Crippen LogP contribution in [0.1, 0.15) is 29.4 Å². The number of aryl methyl sites for hydroxylation is 1. The number of rotatable bonds is 7. The van der Waals surface area contributed by atoms with Gasteiger partial charge in [0.1, 0.15) is 10.6 Å². The van der Waals surface area contributed by atoms with Crippen molar-refractivity contribution >= 4 is 40.1 Å². The smallest absolute Gasteiger partial charge is 0.331 e. The molecule has 1 atom stereocenters. The van der Waals surface area contributed by atoms with Crippen molar-refractivity contribution in [1.82, 2.24) is 18.8 Å². The number of nitrogens with two attached hydrogens (primary N) is 2. The second-order valence-corrected chi connectivity index (χ2v) is 6.93. The van der Waals surface area contributed by atoms with Crippen LogP contribution in [0.3, 0.4) is 0 Å². The first-order valence-corrected chi connectivity index (χ1v) is 8.44. The van der Waals surface area contributed by atoms with Crippen LogP contribution < -0.4 is 21.3 Å². The molecule has 0 saturated carbocycles. The van der Waals surface area contributed by atoms with Gasteiger partial charge in [-0.25, -0.2) is 0 Å². The van der Waals surface area contributed by atoms with Gasteiger partial charge in [-0.05, 0) is 24.5 Å². The molecule has 0 fully saturated rings. The van der Waals surface area contributed by atoms with E-state index in [0.29, 0.717) is 12.4 Å². The van der Waals surface area contributed by atoms with Crippen molar-refractivity contribution in [3.05, 3.63) is 23.5 Å². The number of nitrogens with zero attached hydrogens (tertiary/aromatic N) is 4. The van der Waals surface area contributed by atoms with E-state index in [0.717, 1.165) is 10.7 Å². The summed E-state index contributed by atoms with van der Waals surface area (Å²) in [4.78, 5) is 32.1. The van der Waals surface area contributed by atoms with Crippen molar-refractivity contribution in [3.63, 3.8) is 0 Å². The molecule has 0 aliphatic heterocycles. The van der Waals surface area contributed by atoms with Gasteiger partial charge in [0.2, 0.25) is 0 Å². The number of amides is 2. The summed E-state index contributed by atoms with van der Waals surface area (Å²) in [5, 5.41) is 3.77. The Labute approximate surface area is 149 Å². The van der Waals surface area contributed by atoms with Crippen LogP contribution >= 0.6 is 11.5 Å². The number of hydrogen-bond acceptors (Lipinski definition) is 7. The van der Waals surface area contributed by atoms with Crippen LogP contribution in [-0.2, 0) is 4.79 Å². The maximum Gasteiger partial charge on any atom is 0.331 e. The average Bonchev–Trinajstić information content (AvgIpc) is 2.92. The largest absolute Gasteiger partial charge is 0.365 e. The Kier molecular flexibility index (Phi) is 5.33. The second-order valence-electron chi connectivity index (χ2n) is 6.12.